The van der Waals surface area contributed by atoms with Crippen LogP contribution in [0, 0.1) is 13.8 Å². The lowest BCUT2D eigenvalue weighted by Crippen LogP contribution is -1.98. The van der Waals surface area contributed by atoms with E-state index in [4.69, 9.17) is 4.84 Å². The third-order valence-corrected chi connectivity index (χ3v) is 5.51. The van der Waals surface area contributed by atoms with E-state index in [2.05, 4.69) is 43.6 Å². The molecule has 0 atom stereocenters. The monoisotopic (exact) mass is 403 g/mol. The van der Waals surface area contributed by atoms with Crippen molar-refractivity contribution in [1.29, 1.82) is 0 Å². The Hall–Kier alpha value is -3.59. The van der Waals surface area contributed by atoms with Gasteiger partial charge in [0.05, 0.1) is 11.6 Å². The van der Waals surface area contributed by atoms with Crippen LogP contribution in [0.2, 0.25) is 0 Å². The van der Waals surface area contributed by atoms with Crippen LogP contribution in [0.15, 0.2) is 53.4 Å². The third kappa shape index (κ3) is 3.05. The van der Waals surface area contributed by atoms with Crippen molar-refractivity contribution >= 4 is 34.2 Å². The summed E-state index contributed by atoms with van der Waals surface area (Å²) in [5, 5.41) is 12.3. The Labute approximate surface area is 170 Å². The number of aryl methyl sites for hydroxylation is 1. The van der Waals surface area contributed by atoms with Gasteiger partial charge >= 0.3 is 0 Å². The first-order valence-electron chi connectivity index (χ1n) is 9.04. The first kappa shape index (κ1) is 17.5. The summed E-state index contributed by atoms with van der Waals surface area (Å²) < 4.78 is 3.74. The molecule has 5 aromatic rings. The van der Waals surface area contributed by atoms with Gasteiger partial charge < -0.3 is 4.84 Å². The second-order valence-corrected chi connectivity index (χ2v) is 7.39. The molecule has 5 rings (SSSR count). The average Bonchev–Trinajstić information content (AvgIpc) is 3.45. The summed E-state index contributed by atoms with van der Waals surface area (Å²) in [6.45, 7) is 4.31. The van der Waals surface area contributed by atoms with E-state index in [1.54, 1.807) is 34.6 Å². The molecule has 0 unspecified atom stereocenters. The molecule has 0 N–H and O–H groups in total. The topological polar surface area (TPSA) is 82.5 Å². The maximum atomic E-state index is 5.38. The lowest BCUT2D eigenvalue weighted by molar-refractivity contribution is 0.126. The zero-order valence-electron chi connectivity index (χ0n) is 15.9. The van der Waals surface area contributed by atoms with Gasteiger partial charge in [-0.05, 0) is 25.0 Å². The highest BCUT2D eigenvalue weighted by Gasteiger charge is 2.19. The maximum Gasteiger partial charge on any atom is 0.195 e. The van der Waals surface area contributed by atoms with Gasteiger partial charge in [-0.3, -0.25) is 4.57 Å². The number of oxime groups is 1. The number of fused-ring (bicyclic) bond motifs is 3. The molecular formula is C20H17N7OS. The van der Waals surface area contributed by atoms with Gasteiger partial charge in [0.15, 0.2) is 28.9 Å². The van der Waals surface area contributed by atoms with Crippen molar-refractivity contribution in [2.45, 2.75) is 20.5 Å². The summed E-state index contributed by atoms with van der Waals surface area (Å²) in [5.74, 6) is 0.545. The summed E-state index contributed by atoms with van der Waals surface area (Å²) in [6.07, 6.45) is 5.13. The highest BCUT2D eigenvalue weighted by atomic mass is 32.1. The van der Waals surface area contributed by atoms with Crippen LogP contribution in [0.1, 0.15) is 22.6 Å². The van der Waals surface area contributed by atoms with Crippen molar-refractivity contribution in [1.82, 2.24) is 29.1 Å². The van der Waals surface area contributed by atoms with E-state index in [1.165, 1.54) is 0 Å². The van der Waals surface area contributed by atoms with E-state index < -0.39 is 0 Å². The van der Waals surface area contributed by atoms with E-state index in [0.717, 1.165) is 38.6 Å². The predicted octanol–water partition coefficient (Wildman–Crippen LogP) is 3.69. The molecule has 0 bridgehead atoms. The Balaban J connectivity index is 1.48. The number of aromatic nitrogens is 6. The van der Waals surface area contributed by atoms with Gasteiger partial charge in [0.1, 0.15) is 6.33 Å². The van der Waals surface area contributed by atoms with Gasteiger partial charge in [-0.15, -0.1) is 16.4 Å². The van der Waals surface area contributed by atoms with Crippen molar-refractivity contribution < 1.29 is 4.84 Å². The highest BCUT2D eigenvalue weighted by molar-refractivity contribution is 7.12. The van der Waals surface area contributed by atoms with Crippen molar-refractivity contribution in [3.05, 3.63) is 70.9 Å². The molecule has 0 amide bonds. The summed E-state index contributed by atoms with van der Waals surface area (Å²) >= 11 is 1.57. The first-order valence-corrected chi connectivity index (χ1v) is 9.92. The molecule has 0 fully saturated rings. The number of hydrogen-bond donors (Lipinski definition) is 0. The van der Waals surface area contributed by atoms with Crippen LogP contribution in [0.25, 0.3) is 21.8 Å². The molecule has 0 radical (unpaired) electrons. The van der Waals surface area contributed by atoms with Crippen LogP contribution in [-0.4, -0.2) is 35.3 Å². The van der Waals surface area contributed by atoms with E-state index >= 15 is 0 Å². The van der Waals surface area contributed by atoms with Crippen LogP contribution in [0.5, 0.6) is 0 Å². The Morgan fingerprint density at radius 1 is 1.14 bits per heavy atom. The SMILES string of the molecule is Cc1c(C)n(-c2nccs2)c2ncn3nc(CO/N=C\c4ccccc4)nc3c12. The van der Waals surface area contributed by atoms with Crippen LogP contribution in [0.4, 0.5) is 0 Å². The van der Waals surface area contributed by atoms with Crippen molar-refractivity contribution in [3.63, 3.8) is 0 Å². The van der Waals surface area contributed by atoms with E-state index in [-0.39, 0.29) is 6.61 Å². The fourth-order valence-electron chi connectivity index (χ4n) is 3.26. The normalized spacial score (nSPS) is 11.8. The average molecular weight is 403 g/mol. The number of hydrogen-bond acceptors (Lipinski definition) is 7. The van der Waals surface area contributed by atoms with Crippen LogP contribution in [-0.2, 0) is 11.4 Å². The second-order valence-electron chi connectivity index (χ2n) is 6.52. The molecule has 0 saturated carbocycles. The predicted molar refractivity (Wildman–Crippen MR) is 112 cm³/mol. The summed E-state index contributed by atoms with van der Waals surface area (Å²) in [4.78, 5) is 19.1. The quantitative estimate of drug-likeness (QED) is 0.330. The summed E-state index contributed by atoms with van der Waals surface area (Å²) in [7, 11) is 0. The fraction of sp³-hybridized carbons (Fsp3) is 0.150. The maximum absolute atomic E-state index is 5.38. The molecule has 0 aliphatic rings. The van der Waals surface area contributed by atoms with Gasteiger partial charge in [-0.25, -0.2) is 19.5 Å². The van der Waals surface area contributed by atoms with Crippen molar-refractivity contribution in [3.8, 4) is 5.13 Å². The Bertz CT molecular complexity index is 1320. The summed E-state index contributed by atoms with van der Waals surface area (Å²) in [5.41, 5.74) is 4.73. The number of benzene rings is 1. The third-order valence-electron chi connectivity index (χ3n) is 4.76. The Kier molecular flexibility index (Phi) is 4.28. The molecule has 1 aromatic carbocycles. The highest BCUT2D eigenvalue weighted by Crippen LogP contribution is 2.30. The molecule has 9 heteroatoms. The minimum absolute atomic E-state index is 0.178. The number of nitrogens with zero attached hydrogens (tertiary/aromatic N) is 7. The van der Waals surface area contributed by atoms with E-state index in [9.17, 15) is 0 Å². The molecule has 144 valence electrons. The number of thiazole rings is 1. The molecule has 0 spiro atoms. The van der Waals surface area contributed by atoms with Crippen LogP contribution < -0.4 is 0 Å². The Morgan fingerprint density at radius 3 is 2.79 bits per heavy atom. The molecule has 8 nitrogen and oxygen atoms in total. The fourth-order valence-corrected chi connectivity index (χ4v) is 3.95. The van der Waals surface area contributed by atoms with Gasteiger partial charge in [0, 0.05) is 17.3 Å². The lowest BCUT2D eigenvalue weighted by Gasteiger charge is -2.02. The van der Waals surface area contributed by atoms with Gasteiger partial charge in [-0.1, -0.05) is 35.5 Å². The molecule has 29 heavy (non-hydrogen) atoms. The van der Waals surface area contributed by atoms with Gasteiger partial charge in [0.2, 0.25) is 0 Å². The van der Waals surface area contributed by atoms with Crippen molar-refractivity contribution in [2.24, 2.45) is 5.16 Å². The zero-order valence-corrected chi connectivity index (χ0v) is 16.7. The molecule has 0 saturated heterocycles. The summed E-state index contributed by atoms with van der Waals surface area (Å²) in [6, 6.07) is 9.77. The molecule has 4 heterocycles. The van der Waals surface area contributed by atoms with Crippen molar-refractivity contribution in [2.75, 3.05) is 0 Å². The lowest BCUT2D eigenvalue weighted by atomic mass is 10.2. The van der Waals surface area contributed by atoms with E-state index in [1.807, 2.05) is 35.7 Å². The minimum atomic E-state index is 0.178. The Morgan fingerprint density at radius 2 is 2.00 bits per heavy atom. The minimum Gasteiger partial charge on any atom is -0.387 e. The molecule has 0 aliphatic carbocycles. The standard InChI is InChI=1S/C20H17N7OS/c1-13-14(2)27(20-21-8-9-29-20)18-17(13)19-24-16(25-26(19)12-22-18)11-28-23-10-15-6-4-3-5-7-15/h3-10,12H,11H2,1-2H3/b23-10-. The molecular weight excluding hydrogens is 386 g/mol. The van der Waals surface area contributed by atoms with Gasteiger partial charge in [-0.2, -0.15) is 0 Å². The second kappa shape index (κ2) is 7.10. The van der Waals surface area contributed by atoms with E-state index in [0.29, 0.717) is 5.82 Å². The van der Waals surface area contributed by atoms with Crippen LogP contribution >= 0.6 is 11.3 Å². The zero-order chi connectivity index (χ0) is 19.8. The smallest absolute Gasteiger partial charge is 0.195 e. The largest absolute Gasteiger partial charge is 0.387 e. The molecule has 4 aromatic heterocycles. The number of rotatable bonds is 5. The van der Waals surface area contributed by atoms with Crippen LogP contribution in [0.3, 0.4) is 0 Å². The van der Waals surface area contributed by atoms with Gasteiger partial charge in [0.25, 0.3) is 0 Å². The first-order chi connectivity index (χ1) is 14.2. The molecule has 0 aliphatic heterocycles.